The SMILES string of the molecule is Cc1nc(N)cc(Oc2ccc3c(C)cc(=O)oc3c2)n1. The Bertz CT molecular complexity index is 867. The van der Waals surface area contributed by atoms with Crippen molar-refractivity contribution in [1.82, 2.24) is 9.97 Å². The largest absolute Gasteiger partial charge is 0.439 e. The Labute approximate surface area is 120 Å². The van der Waals surface area contributed by atoms with E-state index in [4.69, 9.17) is 14.9 Å². The van der Waals surface area contributed by atoms with E-state index in [1.165, 1.54) is 12.1 Å². The molecule has 0 unspecified atom stereocenters. The van der Waals surface area contributed by atoms with E-state index in [1.54, 1.807) is 19.1 Å². The fourth-order valence-corrected chi connectivity index (χ4v) is 2.10. The summed E-state index contributed by atoms with van der Waals surface area (Å²) in [6.45, 7) is 3.58. The van der Waals surface area contributed by atoms with Gasteiger partial charge < -0.3 is 14.9 Å². The molecule has 21 heavy (non-hydrogen) atoms. The van der Waals surface area contributed by atoms with Crippen molar-refractivity contribution >= 4 is 16.8 Å². The minimum Gasteiger partial charge on any atom is -0.439 e. The van der Waals surface area contributed by atoms with Crippen LogP contribution in [0.4, 0.5) is 5.82 Å². The van der Waals surface area contributed by atoms with Gasteiger partial charge in [0.25, 0.3) is 0 Å². The third-order valence-corrected chi connectivity index (χ3v) is 2.98. The van der Waals surface area contributed by atoms with Crippen LogP contribution in [0.2, 0.25) is 0 Å². The number of hydrogen-bond donors (Lipinski definition) is 1. The summed E-state index contributed by atoms with van der Waals surface area (Å²) in [4.78, 5) is 19.5. The number of aromatic nitrogens is 2. The highest BCUT2D eigenvalue weighted by Gasteiger charge is 2.06. The van der Waals surface area contributed by atoms with Crippen molar-refractivity contribution in [3.63, 3.8) is 0 Å². The molecule has 106 valence electrons. The Kier molecular flexibility index (Phi) is 3.06. The molecule has 0 spiro atoms. The second kappa shape index (κ2) is 4.90. The van der Waals surface area contributed by atoms with Crippen molar-refractivity contribution < 1.29 is 9.15 Å². The first-order valence-corrected chi connectivity index (χ1v) is 6.35. The van der Waals surface area contributed by atoms with E-state index in [0.717, 1.165) is 10.9 Å². The van der Waals surface area contributed by atoms with Crippen LogP contribution in [0.3, 0.4) is 0 Å². The van der Waals surface area contributed by atoms with Gasteiger partial charge in [-0.3, -0.25) is 0 Å². The smallest absolute Gasteiger partial charge is 0.336 e. The van der Waals surface area contributed by atoms with Gasteiger partial charge in [-0.05, 0) is 31.5 Å². The van der Waals surface area contributed by atoms with Gasteiger partial charge in [0, 0.05) is 23.6 Å². The van der Waals surface area contributed by atoms with E-state index in [-0.39, 0.29) is 5.63 Å². The topological polar surface area (TPSA) is 91.2 Å². The Morgan fingerprint density at radius 2 is 1.95 bits per heavy atom. The number of rotatable bonds is 2. The maximum absolute atomic E-state index is 11.4. The van der Waals surface area contributed by atoms with Gasteiger partial charge in [-0.1, -0.05) is 0 Å². The number of ether oxygens (including phenoxy) is 1. The van der Waals surface area contributed by atoms with Crippen molar-refractivity contribution in [3.05, 3.63) is 52.1 Å². The second-order valence-corrected chi connectivity index (χ2v) is 4.69. The molecule has 0 aliphatic rings. The van der Waals surface area contributed by atoms with Crippen molar-refractivity contribution in [2.75, 3.05) is 5.73 Å². The van der Waals surface area contributed by atoms with Crippen LogP contribution < -0.4 is 16.1 Å². The van der Waals surface area contributed by atoms with E-state index in [0.29, 0.717) is 28.9 Å². The fourth-order valence-electron chi connectivity index (χ4n) is 2.10. The zero-order chi connectivity index (χ0) is 15.0. The lowest BCUT2D eigenvalue weighted by molar-refractivity contribution is 0.459. The maximum Gasteiger partial charge on any atom is 0.336 e. The Morgan fingerprint density at radius 1 is 1.14 bits per heavy atom. The van der Waals surface area contributed by atoms with Crippen molar-refractivity contribution in [1.29, 1.82) is 0 Å². The standard InChI is InChI=1S/C15H13N3O3/c1-8-5-15(19)21-12-6-10(3-4-11(8)12)20-14-7-13(16)17-9(2)18-14/h3-7H,1-2H3,(H2,16,17,18). The average molecular weight is 283 g/mol. The molecule has 2 aromatic heterocycles. The summed E-state index contributed by atoms with van der Waals surface area (Å²) in [6, 6.07) is 8.25. The predicted molar refractivity (Wildman–Crippen MR) is 78.5 cm³/mol. The minimum atomic E-state index is -0.390. The lowest BCUT2D eigenvalue weighted by Crippen LogP contribution is -1.99. The molecule has 0 bridgehead atoms. The summed E-state index contributed by atoms with van der Waals surface area (Å²) in [5.74, 6) is 1.71. The molecule has 0 saturated heterocycles. The van der Waals surface area contributed by atoms with E-state index >= 15 is 0 Å². The van der Waals surface area contributed by atoms with Crippen LogP contribution in [-0.2, 0) is 0 Å². The molecule has 0 amide bonds. The first-order valence-electron chi connectivity index (χ1n) is 6.35. The van der Waals surface area contributed by atoms with Crippen molar-refractivity contribution in [2.24, 2.45) is 0 Å². The van der Waals surface area contributed by atoms with Crippen LogP contribution in [0.1, 0.15) is 11.4 Å². The molecule has 2 heterocycles. The molecule has 0 fully saturated rings. The lowest BCUT2D eigenvalue weighted by atomic mass is 10.1. The predicted octanol–water partition coefficient (Wildman–Crippen LogP) is 2.57. The van der Waals surface area contributed by atoms with Gasteiger partial charge in [0.15, 0.2) is 0 Å². The first kappa shape index (κ1) is 13.1. The third-order valence-electron chi connectivity index (χ3n) is 2.98. The van der Waals surface area contributed by atoms with E-state index in [9.17, 15) is 4.79 Å². The molecule has 0 saturated carbocycles. The van der Waals surface area contributed by atoms with Crippen LogP contribution >= 0.6 is 0 Å². The first-order chi connectivity index (χ1) is 10.0. The van der Waals surface area contributed by atoms with Gasteiger partial charge in [-0.2, -0.15) is 4.98 Å². The van der Waals surface area contributed by atoms with Gasteiger partial charge in [-0.25, -0.2) is 9.78 Å². The molecule has 0 aliphatic heterocycles. The number of aryl methyl sites for hydroxylation is 2. The van der Waals surface area contributed by atoms with Gasteiger partial charge in [0.05, 0.1) is 0 Å². The molecule has 2 N–H and O–H groups in total. The Hall–Kier alpha value is -2.89. The number of benzene rings is 1. The van der Waals surface area contributed by atoms with Gasteiger partial charge in [0.1, 0.15) is 23.0 Å². The van der Waals surface area contributed by atoms with Crippen LogP contribution in [0.25, 0.3) is 11.0 Å². The molecule has 0 atom stereocenters. The zero-order valence-corrected chi connectivity index (χ0v) is 11.6. The fraction of sp³-hybridized carbons (Fsp3) is 0.133. The summed E-state index contributed by atoms with van der Waals surface area (Å²) in [5.41, 5.74) is 6.59. The van der Waals surface area contributed by atoms with Crippen LogP contribution in [0.15, 0.2) is 39.5 Å². The molecule has 0 aliphatic carbocycles. The van der Waals surface area contributed by atoms with Gasteiger partial charge >= 0.3 is 5.63 Å². The highest BCUT2D eigenvalue weighted by atomic mass is 16.5. The zero-order valence-electron chi connectivity index (χ0n) is 11.6. The van der Waals surface area contributed by atoms with Crippen LogP contribution in [0.5, 0.6) is 11.6 Å². The molecule has 3 rings (SSSR count). The molecular weight excluding hydrogens is 270 g/mol. The van der Waals surface area contributed by atoms with Crippen LogP contribution in [-0.4, -0.2) is 9.97 Å². The van der Waals surface area contributed by atoms with E-state index in [2.05, 4.69) is 9.97 Å². The minimum absolute atomic E-state index is 0.334. The second-order valence-electron chi connectivity index (χ2n) is 4.69. The average Bonchev–Trinajstić information content (AvgIpc) is 2.36. The summed E-state index contributed by atoms with van der Waals surface area (Å²) >= 11 is 0. The molecule has 0 radical (unpaired) electrons. The number of hydrogen-bond acceptors (Lipinski definition) is 6. The van der Waals surface area contributed by atoms with Crippen LogP contribution in [0, 0.1) is 13.8 Å². The molecule has 6 heteroatoms. The monoisotopic (exact) mass is 283 g/mol. The summed E-state index contributed by atoms with van der Waals surface area (Å²) in [7, 11) is 0. The number of anilines is 1. The lowest BCUT2D eigenvalue weighted by Gasteiger charge is -2.07. The summed E-state index contributed by atoms with van der Waals surface area (Å²) < 4.78 is 10.8. The van der Waals surface area contributed by atoms with Gasteiger partial charge in [0.2, 0.25) is 5.88 Å². The third kappa shape index (κ3) is 2.69. The highest BCUT2D eigenvalue weighted by molar-refractivity contribution is 5.81. The quantitative estimate of drug-likeness (QED) is 0.727. The number of nitrogens with zero attached hydrogens (tertiary/aromatic N) is 2. The number of nitrogens with two attached hydrogens (primary N) is 1. The molecule has 1 aromatic carbocycles. The molecule has 6 nitrogen and oxygen atoms in total. The molecular formula is C15H13N3O3. The van der Waals surface area contributed by atoms with Crippen molar-refractivity contribution in [3.8, 4) is 11.6 Å². The number of fused-ring (bicyclic) bond motifs is 1. The van der Waals surface area contributed by atoms with E-state index in [1.807, 2.05) is 13.0 Å². The van der Waals surface area contributed by atoms with Crippen molar-refractivity contribution in [2.45, 2.75) is 13.8 Å². The summed E-state index contributed by atoms with van der Waals surface area (Å²) in [5, 5.41) is 0.861. The summed E-state index contributed by atoms with van der Waals surface area (Å²) in [6.07, 6.45) is 0. The highest BCUT2D eigenvalue weighted by Crippen LogP contribution is 2.26. The van der Waals surface area contributed by atoms with E-state index < -0.39 is 0 Å². The Morgan fingerprint density at radius 3 is 2.71 bits per heavy atom. The number of nitrogen functional groups attached to an aromatic ring is 1. The van der Waals surface area contributed by atoms with Gasteiger partial charge in [-0.15, -0.1) is 0 Å². The normalized spacial score (nSPS) is 10.8. The molecule has 3 aromatic rings. The maximum atomic E-state index is 11.4. The Balaban J connectivity index is 2.03.